The van der Waals surface area contributed by atoms with Crippen molar-refractivity contribution < 1.29 is 19.7 Å². The number of hydrogen-bond acceptors (Lipinski definition) is 3. The first-order valence-corrected chi connectivity index (χ1v) is 5.87. The highest BCUT2D eigenvalue weighted by atomic mass is 35.5. The number of phenolic OH excluding ortho intramolecular Hbond substituents is 1. The lowest BCUT2D eigenvalue weighted by molar-refractivity contribution is 0.0697. The maximum absolute atomic E-state index is 10.8. The number of rotatable bonds is 4. The van der Waals surface area contributed by atoms with Crippen LogP contribution in [0, 0.1) is 0 Å². The quantitative estimate of drug-likeness (QED) is 0.900. The number of phenols is 1. The monoisotopic (exact) mass is 278 g/mol. The van der Waals surface area contributed by atoms with Gasteiger partial charge >= 0.3 is 5.97 Å². The molecule has 0 aliphatic heterocycles. The molecule has 0 atom stereocenters. The van der Waals surface area contributed by atoms with Crippen molar-refractivity contribution in [3.8, 4) is 11.5 Å². The molecule has 2 N–H and O–H groups in total. The average Bonchev–Trinajstić information content (AvgIpc) is 2.39. The van der Waals surface area contributed by atoms with E-state index >= 15 is 0 Å². The molecule has 2 rings (SSSR count). The number of ether oxygens (including phenoxy) is 1. The smallest absolute Gasteiger partial charge is 0.335 e. The fourth-order valence-corrected chi connectivity index (χ4v) is 1.74. The first-order chi connectivity index (χ1) is 9.06. The van der Waals surface area contributed by atoms with E-state index in [1.807, 2.05) is 0 Å². The Hall–Kier alpha value is -2.20. The molecule has 2 aromatic carbocycles. The summed E-state index contributed by atoms with van der Waals surface area (Å²) in [5.41, 5.74) is 0.832. The number of carbonyl (C=O) groups is 1. The van der Waals surface area contributed by atoms with E-state index in [0.717, 1.165) is 0 Å². The van der Waals surface area contributed by atoms with E-state index in [9.17, 15) is 4.79 Å². The van der Waals surface area contributed by atoms with Crippen molar-refractivity contribution >= 4 is 17.6 Å². The van der Waals surface area contributed by atoms with Crippen molar-refractivity contribution in [2.45, 2.75) is 6.61 Å². The third kappa shape index (κ3) is 3.39. The Morgan fingerprint density at radius 2 is 1.84 bits per heavy atom. The Balaban J connectivity index is 2.07. The predicted molar refractivity (Wildman–Crippen MR) is 70.9 cm³/mol. The highest BCUT2D eigenvalue weighted by molar-refractivity contribution is 6.31. The number of benzene rings is 2. The Morgan fingerprint density at radius 1 is 1.16 bits per heavy atom. The molecule has 0 aromatic heterocycles. The molecule has 0 aliphatic rings. The van der Waals surface area contributed by atoms with Crippen molar-refractivity contribution in [2.75, 3.05) is 0 Å². The van der Waals surface area contributed by atoms with Gasteiger partial charge in [0.2, 0.25) is 0 Å². The SMILES string of the molecule is O=C(O)c1ccc(COc2ccc(O)cc2)c(Cl)c1. The van der Waals surface area contributed by atoms with Crippen molar-refractivity contribution in [2.24, 2.45) is 0 Å². The van der Waals surface area contributed by atoms with Gasteiger partial charge in [0.1, 0.15) is 18.1 Å². The summed E-state index contributed by atoms with van der Waals surface area (Å²) >= 11 is 5.98. The van der Waals surface area contributed by atoms with Crippen LogP contribution in [0.3, 0.4) is 0 Å². The second-order valence-corrected chi connectivity index (χ2v) is 4.30. The van der Waals surface area contributed by atoms with Gasteiger partial charge in [-0.3, -0.25) is 0 Å². The van der Waals surface area contributed by atoms with Crippen molar-refractivity contribution in [1.82, 2.24) is 0 Å². The molecule has 0 saturated carbocycles. The van der Waals surface area contributed by atoms with E-state index in [1.54, 1.807) is 18.2 Å². The standard InChI is InChI=1S/C14H11ClO4/c15-13-7-9(14(17)18)1-2-10(13)8-19-12-5-3-11(16)4-6-12/h1-7,16H,8H2,(H,17,18). The van der Waals surface area contributed by atoms with Gasteiger partial charge in [-0.25, -0.2) is 4.79 Å². The highest BCUT2D eigenvalue weighted by Gasteiger charge is 2.07. The van der Waals surface area contributed by atoms with E-state index < -0.39 is 5.97 Å². The Labute approximate surface area is 114 Å². The molecule has 0 spiro atoms. The summed E-state index contributed by atoms with van der Waals surface area (Å²) in [4.78, 5) is 10.8. The van der Waals surface area contributed by atoms with Crippen molar-refractivity contribution in [3.63, 3.8) is 0 Å². The lowest BCUT2D eigenvalue weighted by Gasteiger charge is -2.08. The molecule has 0 aliphatic carbocycles. The molecule has 19 heavy (non-hydrogen) atoms. The lowest BCUT2D eigenvalue weighted by atomic mass is 10.1. The van der Waals surface area contributed by atoms with Crippen LogP contribution in [0.4, 0.5) is 0 Å². The fourth-order valence-electron chi connectivity index (χ4n) is 1.50. The zero-order valence-electron chi connectivity index (χ0n) is 9.84. The third-order valence-electron chi connectivity index (χ3n) is 2.53. The fraction of sp³-hybridized carbons (Fsp3) is 0.0714. The number of aromatic hydroxyl groups is 1. The molecular weight excluding hydrogens is 268 g/mol. The van der Waals surface area contributed by atoms with Crippen LogP contribution in [0.25, 0.3) is 0 Å². The van der Waals surface area contributed by atoms with Crippen LogP contribution >= 0.6 is 11.6 Å². The molecule has 4 nitrogen and oxygen atoms in total. The molecule has 0 fully saturated rings. The molecular formula is C14H11ClO4. The molecule has 0 heterocycles. The van der Waals surface area contributed by atoms with Gasteiger partial charge in [-0.1, -0.05) is 17.7 Å². The zero-order valence-corrected chi connectivity index (χ0v) is 10.6. The number of carboxylic acid groups (broad SMARTS) is 1. The van der Waals surface area contributed by atoms with E-state index in [1.165, 1.54) is 24.3 Å². The van der Waals surface area contributed by atoms with Crippen LogP contribution in [0.15, 0.2) is 42.5 Å². The van der Waals surface area contributed by atoms with Gasteiger partial charge in [-0.2, -0.15) is 0 Å². The number of carboxylic acids is 1. The van der Waals surface area contributed by atoms with Crippen LogP contribution in [-0.2, 0) is 6.61 Å². The minimum atomic E-state index is -1.02. The normalized spacial score (nSPS) is 10.2. The summed E-state index contributed by atoms with van der Waals surface area (Å²) in [6.07, 6.45) is 0. The summed E-state index contributed by atoms with van der Waals surface area (Å²) in [5.74, 6) is -0.264. The topological polar surface area (TPSA) is 66.8 Å². The average molecular weight is 279 g/mol. The van der Waals surface area contributed by atoms with E-state index in [0.29, 0.717) is 16.3 Å². The molecule has 0 radical (unpaired) electrons. The van der Waals surface area contributed by atoms with E-state index in [2.05, 4.69) is 0 Å². The molecule has 0 unspecified atom stereocenters. The van der Waals surface area contributed by atoms with E-state index in [4.69, 9.17) is 26.6 Å². The Kier molecular flexibility index (Phi) is 3.92. The predicted octanol–water partition coefficient (Wildman–Crippen LogP) is 3.32. The molecule has 0 bridgehead atoms. The lowest BCUT2D eigenvalue weighted by Crippen LogP contribution is -2.00. The van der Waals surface area contributed by atoms with Crippen LogP contribution in [0.5, 0.6) is 11.5 Å². The molecule has 98 valence electrons. The summed E-state index contributed by atoms with van der Waals surface area (Å²) < 4.78 is 5.49. The van der Waals surface area contributed by atoms with Crippen LogP contribution in [0.1, 0.15) is 15.9 Å². The molecule has 5 heteroatoms. The summed E-state index contributed by atoms with van der Waals surface area (Å²) in [5, 5.41) is 18.3. The minimum Gasteiger partial charge on any atom is -0.508 e. The Bertz CT molecular complexity index is 593. The molecule has 0 amide bonds. The second kappa shape index (κ2) is 5.63. The van der Waals surface area contributed by atoms with E-state index in [-0.39, 0.29) is 17.9 Å². The Morgan fingerprint density at radius 3 is 2.42 bits per heavy atom. The van der Waals surface area contributed by atoms with Crippen LogP contribution < -0.4 is 4.74 Å². The van der Waals surface area contributed by atoms with Gasteiger partial charge in [0, 0.05) is 10.6 Å². The van der Waals surface area contributed by atoms with Crippen molar-refractivity contribution in [3.05, 3.63) is 58.6 Å². The van der Waals surface area contributed by atoms with Gasteiger partial charge < -0.3 is 14.9 Å². The summed E-state index contributed by atoms with van der Waals surface area (Å²) in [7, 11) is 0. The summed E-state index contributed by atoms with van der Waals surface area (Å²) in [6.45, 7) is 0.226. The van der Waals surface area contributed by atoms with Gasteiger partial charge in [-0.05, 0) is 36.4 Å². The first-order valence-electron chi connectivity index (χ1n) is 5.50. The highest BCUT2D eigenvalue weighted by Crippen LogP contribution is 2.21. The van der Waals surface area contributed by atoms with Gasteiger partial charge in [-0.15, -0.1) is 0 Å². The van der Waals surface area contributed by atoms with Gasteiger partial charge in [0.25, 0.3) is 0 Å². The van der Waals surface area contributed by atoms with Crippen molar-refractivity contribution in [1.29, 1.82) is 0 Å². The maximum atomic E-state index is 10.8. The number of aromatic carboxylic acids is 1. The minimum absolute atomic E-state index is 0.137. The number of hydrogen-bond donors (Lipinski definition) is 2. The largest absolute Gasteiger partial charge is 0.508 e. The van der Waals surface area contributed by atoms with Gasteiger partial charge in [0.15, 0.2) is 0 Å². The maximum Gasteiger partial charge on any atom is 0.335 e. The summed E-state index contributed by atoms with van der Waals surface area (Å²) in [6, 6.07) is 10.8. The van der Waals surface area contributed by atoms with Gasteiger partial charge in [0.05, 0.1) is 5.56 Å². The molecule has 0 saturated heterocycles. The second-order valence-electron chi connectivity index (χ2n) is 3.89. The van der Waals surface area contributed by atoms with Crippen LogP contribution in [0.2, 0.25) is 5.02 Å². The number of halogens is 1. The zero-order chi connectivity index (χ0) is 13.8. The molecule has 2 aromatic rings. The first kappa shape index (κ1) is 13.2. The van der Waals surface area contributed by atoms with Crippen LogP contribution in [-0.4, -0.2) is 16.2 Å². The third-order valence-corrected chi connectivity index (χ3v) is 2.88.